The van der Waals surface area contributed by atoms with Gasteiger partial charge in [-0.3, -0.25) is 0 Å². The van der Waals surface area contributed by atoms with Gasteiger partial charge in [0.05, 0.1) is 0 Å². The average molecular weight is 474 g/mol. The normalized spacial score (nSPS) is 10.9. The Hall–Kier alpha value is -1.61. The van der Waals surface area contributed by atoms with Gasteiger partial charge in [0, 0.05) is 44.4 Å². The fraction of sp³-hybridized carbons (Fsp3) is 0.519. The highest BCUT2D eigenvalue weighted by Crippen LogP contribution is 2.14. The summed E-state index contributed by atoms with van der Waals surface area (Å²) in [5.41, 5.74) is 3.75. The van der Waals surface area contributed by atoms with Crippen LogP contribution in [0.2, 0.25) is 0 Å². The molecule has 2 nitrogen and oxygen atoms in total. The molecule has 3 heteroatoms. The van der Waals surface area contributed by atoms with Gasteiger partial charge >= 0.3 is 0 Å². The van der Waals surface area contributed by atoms with Gasteiger partial charge in [0.1, 0.15) is 6.54 Å². The van der Waals surface area contributed by atoms with Crippen molar-refractivity contribution in [1.29, 1.82) is 0 Å². The number of rotatable bonds is 14. The summed E-state index contributed by atoms with van der Waals surface area (Å²) in [6.45, 7) is 3.39. The highest BCUT2D eigenvalue weighted by Gasteiger charge is 2.06. The summed E-state index contributed by atoms with van der Waals surface area (Å²) < 4.78 is 2.38. The third-order valence-corrected chi connectivity index (χ3v) is 5.58. The van der Waals surface area contributed by atoms with Crippen LogP contribution < -0.4 is 26.4 Å². The van der Waals surface area contributed by atoms with Crippen molar-refractivity contribution < 1.29 is 21.5 Å². The topological polar surface area (TPSA) is 7.12 Å². The molecule has 30 heavy (non-hydrogen) atoms. The predicted molar refractivity (Wildman–Crippen MR) is 128 cm³/mol. The lowest BCUT2D eigenvalue weighted by molar-refractivity contribution is -0.699. The molecule has 1 aromatic heterocycles. The predicted octanol–water partition coefficient (Wildman–Crippen LogP) is 4.14. The second kappa shape index (κ2) is 16.1. The van der Waals surface area contributed by atoms with E-state index < -0.39 is 0 Å². The van der Waals surface area contributed by atoms with Crippen LogP contribution in [0.4, 0.5) is 5.69 Å². The standard InChI is InChI=1S/C27H41N2.BrH/c1-4-5-6-7-8-9-10-11-12-14-23-29-24-15-13-16-27(29)22-19-25-17-20-26(21-18-25)28(2)3;/h13,15-22,24H,4-12,14,23H2,1-3H3;1H/q+1;/p-1. The van der Waals surface area contributed by atoms with E-state index in [1.165, 1.54) is 81.2 Å². The molecule has 0 spiro atoms. The van der Waals surface area contributed by atoms with Crippen LogP contribution in [0.25, 0.3) is 12.2 Å². The Morgan fingerprint density at radius 3 is 1.93 bits per heavy atom. The molecule has 0 aliphatic heterocycles. The first-order chi connectivity index (χ1) is 14.2. The molecule has 0 saturated heterocycles. The molecule has 0 N–H and O–H groups in total. The van der Waals surface area contributed by atoms with Gasteiger partial charge in [-0.1, -0.05) is 70.4 Å². The second-order valence-electron chi connectivity index (χ2n) is 8.32. The number of aromatic nitrogens is 1. The first-order valence-electron chi connectivity index (χ1n) is 11.6. The van der Waals surface area contributed by atoms with Crippen LogP contribution in [0.15, 0.2) is 48.7 Å². The van der Waals surface area contributed by atoms with Gasteiger partial charge in [-0.05, 0) is 36.3 Å². The van der Waals surface area contributed by atoms with Crippen molar-refractivity contribution in [1.82, 2.24) is 0 Å². The van der Waals surface area contributed by atoms with Gasteiger partial charge in [0.25, 0.3) is 0 Å². The summed E-state index contributed by atoms with van der Waals surface area (Å²) in [7, 11) is 4.15. The lowest BCUT2D eigenvalue weighted by Gasteiger charge is -2.11. The molecule has 2 aromatic rings. The molecule has 1 aromatic carbocycles. The van der Waals surface area contributed by atoms with Gasteiger partial charge in [0.2, 0.25) is 5.69 Å². The molecular formula is C27H41BrN2. The number of pyridine rings is 1. The zero-order chi connectivity index (χ0) is 20.7. The van der Waals surface area contributed by atoms with E-state index in [-0.39, 0.29) is 17.0 Å². The van der Waals surface area contributed by atoms with Crippen molar-refractivity contribution >= 4 is 17.8 Å². The molecule has 0 radical (unpaired) electrons. The number of aryl methyl sites for hydroxylation is 1. The van der Waals surface area contributed by atoms with Crippen molar-refractivity contribution in [3.8, 4) is 0 Å². The van der Waals surface area contributed by atoms with Crippen molar-refractivity contribution in [2.45, 2.75) is 77.7 Å². The van der Waals surface area contributed by atoms with Crippen LogP contribution in [0.5, 0.6) is 0 Å². The number of halogens is 1. The van der Waals surface area contributed by atoms with E-state index in [4.69, 9.17) is 0 Å². The second-order valence-corrected chi connectivity index (χ2v) is 8.32. The Morgan fingerprint density at radius 1 is 0.733 bits per heavy atom. The van der Waals surface area contributed by atoms with Crippen LogP contribution in [0, 0.1) is 0 Å². The summed E-state index contributed by atoms with van der Waals surface area (Å²) in [5, 5.41) is 0. The van der Waals surface area contributed by atoms with Gasteiger partial charge in [-0.15, -0.1) is 0 Å². The lowest BCUT2D eigenvalue weighted by atomic mass is 10.1. The Bertz CT molecular complexity index is 707. The quantitative estimate of drug-likeness (QED) is 0.296. The maximum absolute atomic E-state index is 2.38. The van der Waals surface area contributed by atoms with Crippen LogP contribution in [0.1, 0.15) is 82.4 Å². The summed E-state index contributed by atoms with van der Waals surface area (Å²) in [5.74, 6) is 0. The zero-order valence-corrected chi connectivity index (χ0v) is 20.9. The van der Waals surface area contributed by atoms with E-state index in [0.717, 1.165) is 6.54 Å². The Morgan fingerprint density at radius 2 is 1.33 bits per heavy atom. The summed E-state index contributed by atoms with van der Waals surface area (Å²) in [4.78, 5) is 2.13. The minimum Gasteiger partial charge on any atom is -1.00 e. The van der Waals surface area contributed by atoms with Crippen molar-refractivity contribution in [2.75, 3.05) is 19.0 Å². The first-order valence-corrected chi connectivity index (χ1v) is 11.6. The van der Waals surface area contributed by atoms with E-state index in [1.807, 2.05) is 0 Å². The average Bonchev–Trinajstić information content (AvgIpc) is 2.74. The maximum Gasteiger partial charge on any atom is 0.205 e. The Balaban J connectivity index is 0.00000450. The third-order valence-electron chi connectivity index (χ3n) is 5.58. The SMILES string of the molecule is CCCCCCCCCCCC[n+]1ccccc1/C=C/c1ccc(N(C)C)cc1.[Br-]. The lowest BCUT2D eigenvalue weighted by Crippen LogP contribution is -3.00. The number of unbranched alkanes of at least 4 members (excludes halogenated alkanes) is 9. The highest BCUT2D eigenvalue weighted by atomic mass is 79.9. The molecule has 0 saturated carbocycles. The Labute approximate surface area is 195 Å². The van der Waals surface area contributed by atoms with Crippen molar-refractivity contribution in [2.24, 2.45) is 0 Å². The highest BCUT2D eigenvalue weighted by molar-refractivity contribution is 5.68. The van der Waals surface area contributed by atoms with E-state index in [9.17, 15) is 0 Å². The van der Waals surface area contributed by atoms with E-state index in [1.54, 1.807) is 0 Å². The smallest absolute Gasteiger partial charge is 0.205 e. The van der Waals surface area contributed by atoms with Crippen molar-refractivity contribution in [3.63, 3.8) is 0 Å². The molecular weight excluding hydrogens is 432 g/mol. The van der Waals surface area contributed by atoms with Crippen LogP contribution in [-0.4, -0.2) is 14.1 Å². The number of hydrogen-bond donors (Lipinski definition) is 0. The van der Waals surface area contributed by atoms with E-state index >= 15 is 0 Å². The minimum absolute atomic E-state index is 0. The molecule has 166 valence electrons. The molecule has 0 amide bonds. The Kier molecular flexibility index (Phi) is 14.2. The van der Waals surface area contributed by atoms with Crippen LogP contribution in [-0.2, 0) is 6.54 Å². The van der Waals surface area contributed by atoms with Crippen molar-refractivity contribution in [3.05, 3.63) is 59.9 Å². The third kappa shape index (κ3) is 10.4. The molecule has 0 bridgehead atoms. The number of benzene rings is 1. The summed E-state index contributed by atoms with van der Waals surface area (Å²) in [6, 6.07) is 15.2. The molecule has 0 atom stereocenters. The van der Waals surface area contributed by atoms with Gasteiger partial charge in [0.15, 0.2) is 6.20 Å². The van der Waals surface area contributed by atoms with Gasteiger partial charge < -0.3 is 21.9 Å². The van der Waals surface area contributed by atoms with Crippen LogP contribution in [0.3, 0.4) is 0 Å². The number of anilines is 1. The molecule has 1 heterocycles. The number of hydrogen-bond acceptors (Lipinski definition) is 1. The fourth-order valence-electron chi connectivity index (χ4n) is 3.68. The van der Waals surface area contributed by atoms with E-state index in [2.05, 4.69) is 91.3 Å². The van der Waals surface area contributed by atoms with Gasteiger partial charge in [-0.2, -0.15) is 4.57 Å². The van der Waals surface area contributed by atoms with Crippen LogP contribution >= 0.6 is 0 Å². The van der Waals surface area contributed by atoms with E-state index in [0.29, 0.717) is 0 Å². The molecule has 0 fully saturated rings. The molecule has 0 aliphatic carbocycles. The molecule has 0 unspecified atom stereocenters. The van der Waals surface area contributed by atoms with Gasteiger partial charge in [-0.25, -0.2) is 0 Å². The molecule has 2 rings (SSSR count). The summed E-state index contributed by atoms with van der Waals surface area (Å²) >= 11 is 0. The molecule has 0 aliphatic rings. The maximum atomic E-state index is 2.38. The first kappa shape index (κ1) is 26.4. The number of nitrogens with zero attached hydrogens (tertiary/aromatic N) is 2. The zero-order valence-electron chi connectivity index (χ0n) is 19.3. The summed E-state index contributed by atoms with van der Waals surface area (Å²) in [6.07, 6.45) is 20.5. The minimum atomic E-state index is 0. The monoisotopic (exact) mass is 472 g/mol. The largest absolute Gasteiger partial charge is 1.00 e. The fourth-order valence-corrected chi connectivity index (χ4v) is 3.68.